The summed E-state index contributed by atoms with van der Waals surface area (Å²) in [7, 11) is 0. The maximum atomic E-state index is 11.1. The Morgan fingerprint density at radius 2 is 2.21 bits per heavy atom. The molecule has 0 fully saturated rings. The topological polar surface area (TPSA) is 50.2 Å². The van der Waals surface area contributed by atoms with Gasteiger partial charge in [-0.1, -0.05) is 13.0 Å². The molecule has 0 saturated heterocycles. The van der Waals surface area contributed by atoms with Gasteiger partial charge in [-0.2, -0.15) is 0 Å². The second kappa shape index (κ2) is 4.65. The van der Waals surface area contributed by atoms with Gasteiger partial charge in [0, 0.05) is 11.1 Å². The molecule has 3 nitrogen and oxygen atoms in total. The van der Waals surface area contributed by atoms with Crippen LogP contribution in [0.15, 0.2) is 18.2 Å². The highest BCUT2D eigenvalue weighted by atomic mass is 16.4. The van der Waals surface area contributed by atoms with E-state index in [9.17, 15) is 4.79 Å². The highest BCUT2D eigenvalue weighted by Crippen LogP contribution is 2.31. The zero-order chi connectivity index (χ0) is 13.4. The van der Waals surface area contributed by atoms with Gasteiger partial charge in [0.2, 0.25) is 0 Å². The van der Waals surface area contributed by atoms with Gasteiger partial charge in [-0.25, -0.2) is 0 Å². The number of carboxylic acid groups (broad SMARTS) is 1. The Hall–Kier alpha value is -1.90. The van der Waals surface area contributed by atoms with E-state index in [1.165, 1.54) is 11.1 Å². The quantitative estimate of drug-likeness (QED) is 0.917. The van der Waals surface area contributed by atoms with Gasteiger partial charge < -0.3 is 5.11 Å². The summed E-state index contributed by atoms with van der Waals surface area (Å²) in [5.74, 6) is -0.761. The molecule has 0 unspecified atom stereocenters. The summed E-state index contributed by atoms with van der Waals surface area (Å²) in [6.07, 6.45) is 4.10. The Balaban J connectivity index is 2.29. The van der Waals surface area contributed by atoms with Crippen molar-refractivity contribution >= 4 is 16.9 Å². The van der Waals surface area contributed by atoms with Gasteiger partial charge in [0.1, 0.15) is 0 Å². The molecule has 0 bridgehead atoms. The first kappa shape index (κ1) is 12.2. The van der Waals surface area contributed by atoms with E-state index in [2.05, 4.69) is 19.1 Å². The van der Waals surface area contributed by atoms with Crippen LogP contribution in [0, 0.1) is 0 Å². The molecular weight excluding hydrogens is 238 g/mol. The number of aryl methyl sites for hydroxylation is 2. The van der Waals surface area contributed by atoms with E-state index in [0.29, 0.717) is 0 Å². The molecule has 1 heterocycles. The number of rotatable bonds is 3. The average Bonchev–Trinajstić information content (AvgIpc) is 2.85. The van der Waals surface area contributed by atoms with Crippen LogP contribution in [0.2, 0.25) is 0 Å². The molecule has 0 aliphatic heterocycles. The van der Waals surface area contributed by atoms with Gasteiger partial charge in [0.25, 0.3) is 0 Å². The number of nitrogens with zero attached hydrogens (tertiary/aromatic N) is 1. The van der Waals surface area contributed by atoms with Gasteiger partial charge in [0.15, 0.2) is 0 Å². The lowest BCUT2D eigenvalue weighted by molar-refractivity contribution is -0.136. The summed E-state index contributed by atoms with van der Waals surface area (Å²) < 4.78 is 0. The second-order valence-corrected chi connectivity index (χ2v) is 5.14. The van der Waals surface area contributed by atoms with Crippen molar-refractivity contribution in [3.63, 3.8) is 0 Å². The minimum absolute atomic E-state index is 0.106. The van der Waals surface area contributed by atoms with Crippen LogP contribution in [0.25, 0.3) is 10.9 Å². The lowest BCUT2D eigenvalue weighted by atomic mass is 9.97. The van der Waals surface area contributed by atoms with Crippen molar-refractivity contribution in [1.82, 2.24) is 4.98 Å². The molecule has 0 amide bonds. The number of pyridine rings is 1. The Labute approximate surface area is 112 Å². The molecule has 0 saturated carbocycles. The number of aliphatic carboxylic acids is 1. The summed E-state index contributed by atoms with van der Waals surface area (Å²) in [4.78, 5) is 15.9. The molecule has 19 heavy (non-hydrogen) atoms. The number of aromatic nitrogens is 1. The van der Waals surface area contributed by atoms with Crippen molar-refractivity contribution in [2.45, 2.75) is 39.0 Å². The number of hydrogen-bond donors (Lipinski definition) is 1. The third-order valence-corrected chi connectivity index (χ3v) is 3.93. The second-order valence-electron chi connectivity index (χ2n) is 5.14. The van der Waals surface area contributed by atoms with Crippen LogP contribution < -0.4 is 0 Å². The normalized spacial score (nSPS) is 13.7. The fourth-order valence-corrected chi connectivity index (χ4v) is 2.98. The summed E-state index contributed by atoms with van der Waals surface area (Å²) in [6, 6.07) is 6.22. The van der Waals surface area contributed by atoms with Gasteiger partial charge in [-0.15, -0.1) is 0 Å². The molecule has 1 aliphatic carbocycles. The number of fused-ring (bicyclic) bond motifs is 2. The van der Waals surface area contributed by atoms with E-state index in [1.54, 1.807) is 0 Å². The maximum absolute atomic E-state index is 11.1. The van der Waals surface area contributed by atoms with Crippen LogP contribution in [0.5, 0.6) is 0 Å². The highest BCUT2D eigenvalue weighted by Gasteiger charge is 2.20. The molecule has 0 spiro atoms. The molecule has 1 aromatic carbocycles. The first-order valence-corrected chi connectivity index (χ1v) is 6.84. The van der Waals surface area contributed by atoms with E-state index in [0.717, 1.165) is 47.8 Å². The minimum atomic E-state index is -0.761. The third-order valence-electron chi connectivity index (χ3n) is 3.93. The molecule has 2 aromatic rings. The van der Waals surface area contributed by atoms with Crippen molar-refractivity contribution in [1.29, 1.82) is 0 Å². The van der Waals surface area contributed by atoms with Crippen molar-refractivity contribution < 1.29 is 9.90 Å². The van der Waals surface area contributed by atoms with E-state index in [-0.39, 0.29) is 6.42 Å². The van der Waals surface area contributed by atoms with Crippen LogP contribution in [0.3, 0.4) is 0 Å². The zero-order valence-corrected chi connectivity index (χ0v) is 11.1. The Morgan fingerprint density at radius 3 is 2.95 bits per heavy atom. The van der Waals surface area contributed by atoms with Crippen LogP contribution in [-0.4, -0.2) is 16.1 Å². The SMILES string of the molecule is CCc1ccc2nc3c(c(CC(=O)O)c2c1)CCC3. The van der Waals surface area contributed by atoms with Gasteiger partial charge in [0.05, 0.1) is 11.9 Å². The van der Waals surface area contributed by atoms with Crippen molar-refractivity contribution in [2.75, 3.05) is 0 Å². The average molecular weight is 255 g/mol. The third kappa shape index (κ3) is 2.09. The van der Waals surface area contributed by atoms with E-state index >= 15 is 0 Å². The van der Waals surface area contributed by atoms with Gasteiger partial charge in [-0.05, 0) is 54.5 Å². The van der Waals surface area contributed by atoms with Crippen molar-refractivity contribution in [3.8, 4) is 0 Å². The first-order chi connectivity index (χ1) is 9.19. The molecule has 3 heteroatoms. The van der Waals surface area contributed by atoms with E-state index in [1.807, 2.05) is 6.07 Å². The Morgan fingerprint density at radius 1 is 1.37 bits per heavy atom. The molecule has 0 atom stereocenters. The molecule has 3 rings (SSSR count). The van der Waals surface area contributed by atoms with E-state index in [4.69, 9.17) is 10.1 Å². The standard InChI is InChI=1S/C16H17NO2/c1-2-10-6-7-15-13(8-10)12(9-16(18)19)11-4-3-5-14(11)17-15/h6-8H,2-5,9H2,1H3,(H,18,19). The van der Waals surface area contributed by atoms with E-state index < -0.39 is 5.97 Å². The molecule has 0 radical (unpaired) electrons. The number of carbonyl (C=O) groups is 1. The maximum Gasteiger partial charge on any atom is 0.307 e. The van der Waals surface area contributed by atoms with Crippen molar-refractivity contribution in [2.24, 2.45) is 0 Å². The lowest BCUT2D eigenvalue weighted by Gasteiger charge is -2.11. The zero-order valence-electron chi connectivity index (χ0n) is 11.1. The minimum Gasteiger partial charge on any atom is -0.481 e. The molecule has 1 aromatic heterocycles. The predicted octanol–water partition coefficient (Wildman–Crippen LogP) is 2.91. The molecule has 98 valence electrons. The van der Waals surface area contributed by atoms with Crippen LogP contribution >= 0.6 is 0 Å². The van der Waals surface area contributed by atoms with Gasteiger partial charge >= 0.3 is 5.97 Å². The Kier molecular flexibility index (Phi) is 2.97. The molecule has 1 aliphatic rings. The highest BCUT2D eigenvalue weighted by molar-refractivity contribution is 5.88. The first-order valence-electron chi connectivity index (χ1n) is 6.84. The lowest BCUT2D eigenvalue weighted by Crippen LogP contribution is -2.06. The fraction of sp³-hybridized carbons (Fsp3) is 0.375. The summed E-state index contributed by atoms with van der Waals surface area (Å²) in [5, 5.41) is 10.2. The van der Waals surface area contributed by atoms with Crippen molar-refractivity contribution in [3.05, 3.63) is 40.6 Å². The van der Waals surface area contributed by atoms with Crippen LogP contribution in [0.1, 0.15) is 35.7 Å². The largest absolute Gasteiger partial charge is 0.481 e. The number of benzene rings is 1. The number of hydrogen-bond acceptors (Lipinski definition) is 2. The van der Waals surface area contributed by atoms with Crippen LogP contribution in [-0.2, 0) is 30.5 Å². The number of carboxylic acids is 1. The van der Waals surface area contributed by atoms with Crippen LogP contribution in [0.4, 0.5) is 0 Å². The molecular formula is C16H17NO2. The Bertz CT molecular complexity index is 661. The monoisotopic (exact) mass is 255 g/mol. The van der Waals surface area contributed by atoms with Gasteiger partial charge in [-0.3, -0.25) is 9.78 Å². The predicted molar refractivity (Wildman–Crippen MR) is 74.5 cm³/mol. The fourth-order valence-electron chi connectivity index (χ4n) is 2.98. The summed E-state index contributed by atoms with van der Waals surface area (Å²) in [6.45, 7) is 2.11. The smallest absolute Gasteiger partial charge is 0.307 e. The molecule has 1 N–H and O–H groups in total. The summed E-state index contributed by atoms with van der Waals surface area (Å²) in [5.41, 5.74) is 5.45. The summed E-state index contributed by atoms with van der Waals surface area (Å²) >= 11 is 0.